The third-order valence-electron chi connectivity index (χ3n) is 5.88. The molecule has 4 rings (SSSR count). The molecule has 3 aromatic rings. The molecular weight excluding hydrogens is 569 g/mol. The topological polar surface area (TPSA) is 116 Å². The summed E-state index contributed by atoms with van der Waals surface area (Å²) in [6.45, 7) is 6.15. The van der Waals surface area contributed by atoms with E-state index in [1.54, 1.807) is 6.92 Å². The molecule has 4 heterocycles. The van der Waals surface area contributed by atoms with E-state index < -0.39 is 34.6 Å². The molecular formula is C25H24ClF3N8O2S. The van der Waals surface area contributed by atoms with Crippen molar-refractivity contribution >= 4 is 40.6 Å². The van der Waals surface area contributed by atoms with E-state index in [1.807, 2.05) is 0 Å². The van der Waals surface area contributed by atoms with Crippen LogP contribution < -0.4 is 10.6 Å². The Kier molecular flexibility index (Phi) is 9.31. The maximum absolute atomic E-state index is 13.1. The fourth-order valence-electron chi connectivity index (χ4n) is 3.63. The van der Waals surface area contributed by atoms with Gasteiger partial charge >= 0.3 is 6.18 Å². The Morgan fingerprint density at radius 3 is 2.58 bits per heavy atom. The molecule has 0 aliphatic carbocycles. The smallest absolute Gasteiger partial charge is 0.342 e. The summed E-state index contributed by atoms with van der Waals surface area (Å²) in [6.07, 6.45) is -1.36. The first-order chi connectivity index (χ1) is 19.0. The van der Waals surface area contributed by atoms with Crippen molar-refractivity contribution in [3.63, 3.8) is 0 Å². The summed E-state index contributed by atoms with van der Waals surface area (Å²) in [4.78, 5) is 46.0. The van der Waals surface area contributed by atoms with Crippen molar-refractivity contribution in [2.45, 2.75) is 19.1 Å². The number of nitrogens with zero attached hydrogens (tertiary/aromatic N) is 6. The second kappa shape index (κ2) is 12.7. The highest BCUT2D eigenvalue weighted by Gasteiger charge is 2.34. The normalized spacial score (nSPS) is 15.2. The second-order valence-electron chi connectivity index (χ2n) is 8.93. The Morgan fingerprint density at radius 1 is 1.10 bits per heavy atom. The molecule has 40 heavy (non-hydrogen) atoms. The van der Waals surface area contributed by atoms with E-state index >= 15 is 0 Å². The van der Waals surface area contributed by atoms with Gasteiger partial charge in [-0.3, -0.25) is 14.5 Å². The summed E-state index contributed by atoms with van der Waals surface area (Å²) in [7, 11) is 2.08. The summed E-state index contributed by atoms with van der Waals surface area (Å²) >= 11 is 6.54. The number of nitrogens with one attached hydrogen (secondary N) is 2. The molecule has 0 saturated carbocycles. The minimum absolute atomic E-state index is 0.112. The van der Waals surface area contributed by atoms with Gasteiger partial charge in [0.25, 0.3) is 11.8 Å². The molecule has 0 aromatic carbocycles. The van der Waals surface area contributed by atoms with E-state index in [2.05, 4.69) is 59.3 Å². The van der Waals surface area contributed by atoms with Crippen molar-refractivity contribution in [1.82, 2.24) is 35.1 Å². The first-order valence-electron chi connectivity index (χ1n) is 12.0. The van der Waals surface area contributed by atoms with Gasteiger partial charge in [-0.15, -0.1) is 11.3 Å². The van der Waals surface area contributed by atoms with Crippen molar-refractivity contribution in [3.8, 4) is 11.8 Å². The average molecular weight is 593 g/mol. The average Bonchev–Trinajstić information content (AvgIpc) is 3.41. The van der Waals surface area contributed by atoms with E-state index in [-0.39, 0.29) is 16.4 Å². The van der Waals surface area contributed by atoms with Crippen LogP contribution in [0.4, 0.5) is 19.0 Å². The lowest BCUT2D eigenvalue weighted by Crippen LogP contribution is -2.44. The van der Waals surface area contributed by atoms with E-state index in [0.29, 0.717) is 23.3 Å². The summed E-state index contributed by atoms with van der Waals surface area (Å²) in [6, 6.07) is 1.55. The van der Waals surface area contributed by atoms with Gasteiger partial charge < -0.3 is 15.5 Å². The van der Waals surface area contributed by atoms with Crippen LogP contribution in [0.3, 0.4) is 0 Å². The van der Waals surface area contributed by atoms with Crippen LogP contribution in [0.15, 0.2) is 30.9 Å². The molecule has 1 fully saturated rings. The number of carbonyl (C=O) groups excluding carboxylic acids is 2. The molecule has 1 unspecified atom stereocenters. The number of aromatic nitrogens is 4. The van der Waals surface area contributed by atoms with Gasteiger partial charge in [0.15, 0.2) is 0 Å². The number of carbonyl (C=O) groups is 2. The SMILES string of the molecule is CC(NC(=O)c1cc(C#CCN2CCN(C)CC2)ncn1)c1ncc(C(=O)Nc2cc(C(F)(F)F)c(Cl)cn2)s1. The zero-order valence-electron chi connectivity index (χ0n) is 21.4. The fourth-order valence-corrected chi connectivity index (χ4v) is 4.65. The van der Waals surface area contributed by atoms with Crippen LogP contribution >= 0.6 is 22.9 Å². The van der Waals surface area contributed by atoms with Gasteiger partial charge in [0.2, 0.25) is 0 Å². The van der Waals surface area contributed by atoms with Crippen molar-refractivity contribution in [3.05, 3.63) is 62.7 Å². The lowest BCUT2D eigenvalue weighted by molar-refractivity contribution is -0.137. The number of halogens is 4. The van der Waals surface area contributed by atoms with Gasteiger partial charge in [-0.1, -0.05) is 17.5 Å². The highest BCUT2D eigenvalue weighted by atomic mass is 35.5. The van der Waals surface area contributed by atoms with Crippen molar-refractivity contribution in [1.29, 1.82) is 0 Å². The molecule has 1 aliphatic rings. The number of pyridine rings is 1. The van der Waals surface area contributed by atoms with Gasteiger partial charge in [0.1, 0.15) is 33.4 Å². The number of hydrogen-bond acceptors (Lipinski definition) is 9. The van der Waals surface area contributed by atoms with E-state index in [9.17, 15) is 22.8 Å². The molecule has 3 aromatic heterocycles. The predicted molar refractivity (Wildman–Crippen MR) is 143 cm³/mol. The number of alkyl halides is 3. The molecule has 210 valence electrons. The quantitative estimate of drug-likeness (QED) is 0.419. The second-order valence-corrected chi connectivity index (χ2v) is 10.4. The highest BCUT2D eigenvalue weighted by Crippen LogP contribution is 2.35. The molecule has 1 saturated heterocycles. The third kappa shape index (κ3) is 7.72. The van der Waals surface area contributed by atoms with Crippen molar-refractivity contribution in [2.24, 2.45) is 0 Å². The van der Waals surface area contributed by atoms with Gasteiger partial charge in [-0.05, 0) is 26.0 Å². The number of rotatable bonds is 6. The van der Waals surface area contributed by atoms with Crippen LogP contribution in [-0.4, -0.2) is 81.3 Å². The number of thiazole rings is 1. The van der Waals surface area contributed by atoms with E-state index in [0.717, 1.165) is 43.7 Å². The molecule has 0 spiro atoms. The molecule has 2 amide bonds. The molecule has 15 heteroatoms. The Bertz CT molecular complexity index is 1450. The number of hydrogen-bond donors (Lipinski definition) is 2. The molecule has 0 bridgehead atoms. The Morgan fingerprint density at radius 2 is 1.85 bits per heavy atom. The van der Waals surface area contributed by atoms with E-state index in [4.69, 9.17) is 11.6 Å². The van der Waals surface area contributed by atoms with Crippen molar-refractivity contribution < 1.29 is 22.8 Å². The zero-order valence-corrected chi connectivity index (χ0v) is 23.0. The van der Waals surface area contributed by atoms with Crippen LogP contribution in [0.25, 0.3) is 0 Å². The van der Waals surface area contributed by atoms with Crippen LogP contribution in [-0.2, 0) is 6.18 Å². The summed E-state index contributed by atoms with van der Waals surface area (Å²) < 4.78 is 39.2. The van der Waals surface area contributed by atoms with Gasteiger partial charge in [0, 0.05) is 38.4 Å². The summed E-state index contributed by atoms with van der Waals surface area (Å²) in [5, 5.41) is 4.88. The minimum Gasteiger partial charge on any atom is -0.342 e. The minimum atomic E-state index is -4.70. The summed E-state index contributed by atoms with van der Waals surface area (Å²) in [5.74, 6) is 4.55. The van der Waals surface area contributed by atoms with E-state index in [1.165, 1.54) is 18.6 Å². The van der Waals surface area contributed by atoms with Crippen LogP contribution in [0.2, 0.25) is 5.02 Å². The Hall–Kier alpha value is -3.64. The summed E-state index contributed by atoms with van der Waals surface area (Å²) in [5.41, 5.74) is -0.580. The number of amides is 2. The third-order valence-corrected chi connectivity index (χ3v) is 7.36. The Balaban J connectivity index is 1.35. The maximum Gasteiger partial charge on any atom is 0.418 e. The standard InChI is InChI=1S/C25H24ClF3N8O2S/c1-15(24-31-13-20(40-24)23(39)35-21-11-17(25(27,28)29)18(26)12-30-21)34-22(38)19-10-16(32-14-33-19)4-3-5-37-8-6-36(2)7-9-37/h10-15H,5-9H2,1-2H3,(H,34,38)(H,30,35,39). The molecule has 0 radical (unpaired) electrons. The molecule has 10 nitrogen and oxygen atoms in total. The lowest BCUT2D eigenvalue weighted by Gasteiger charge is -2.30. The Labute approximate surface area is 237 Å². The lowest BCUT2D eigenvalue weighted by atomic mass is 10.2. The molecule has 2 N–H and O–H groups in total. The van der Waals surface area contributed by atoms with Crippen molar-refractivity contribution in [2.75, 3.05) is 45.1 Å². The van der Waals surface area contributed by atoms with Crippen LogP contribution in [0, 0.1) is 11.8 Å². The number of piperazine rings is 1. The number of likely N-dealkylation sites (N-methyl/N-ethyl adjacent to an activating group) is 1. The first kappa shape index (κ1) is 29.3. The maximum atomic E-state index is 13.1. The first-order valence-corrected chi connectivity index (χ1v) is 13.2. The predicted octanol–water partition coefficient (Wildman–Crippen LogP) is 3.34. The van der Waals surface area contributed by atoms with Gasteiger partial charge in [0.05, 0.1) is 29.4 Å². The van der Waals surface area contributed by atoms with Gasteiger partial charge in [-0.2, -0.15) is 13.2 Å². The molecule has 1 atom stereocenters. The number of anilines is 1. The van der Waals surface area contributed by atoms with Crippen LogP contribution in [0.1, 0.15) is 49.4 Å². The largest absolute Gasteiger partial charge is 0.418 e. The zero-order chi connectivity index (χ0) is 28.9. The fraction of sp³-hybridized carbons (Fsp3) is 0.360. The van der Waals surface area contributed by atoms with Gasteiger partial charge in [-0.25, -0.2) is 19.9 Å². The highest BCUT2D eigenvalue weighted by molar-refractivity contribution is 7.13. The monoisotopic (exact) mass is 592 g/mol. The van der Waals surface area contributed by atoms with Crippen LogP contribution in [0.5, 0.6) is 0 Å². The molecule has 1 aliphatic heterocycles.